The number of hydrogen-bond acceptors (Lipinski definition) is 6. The molecule has 0 spiro atoms. The predicted octanol–water partition coefficient (Wildman–Crippen LogP) is 2.85. The third kappa shape index (κ3) is 4.83. The fourth-order valence-corrected chi connectivity index (χ4v) is 3.60. The van der Waals surface area contributed by atoms with E-state index in [9.17, 15) is 9.59 Å². The number of aromatic nitrogens is 3. The molecule has 1 aromatic carbocycles. The quantitative estimate of drug-likeness (QED) is 0.517. The molecule has 0 radical (unpaired) electrons. The van der Waals surface area contributed by atoms with Gasteiger partial charge in [0.2, 0.25) is 0 Å². The van der Waals surface area contributed by atoms with Crippen LogP contribution in [0.15, 0.2) is 58.1 Å². The van der Waals surface area contributed by atoms with Gasteiger partial charge in [-0.05, 0) is 58.7 Å². The maximum Gasteiger partial charge on any atom is 0.270 e. The molecule has 0 unspecified atom stereocenters. The zero-order valence-corrected chi connectivity index (χ0v) is 18.1. The van der Waals surface area contributed by atoms with Crippen molar-refractivity contribution in [3.63, 3.8) is 0 Å². The van der Waals surface area contributed by atoms with Crippen LogP contribution in [0.1, 0.15) is 27.2 Å². The van der Waals surface area contributed by atoms with Gasteiger partial charge in [-0.15, -0.1) is 0 Å². The molecule has 7 nitrogen and oxygen atoms in total. The highest BCUT2D eigenvalue weighted by Crippen LogP contribution is 2.20. The van der Waals surface area contributed by atoms with Crippen molar-refractivity contribution in [3.05, 3.63) is 86.0 Å². The number of Topliss-reactive ketones (excluding diaryl/α,β-unsaturated/α-hetero) is 1. The number of nitrogens with zero attached hydrogens (tertiary/aromatic N) is 4. The highest BCUT2D eigenvalue weighted by Gasteiger charge is 2.16. The molecule has 154 valence electrons. The van der Waals surface area contributed by atoms with Crippen molar-refractivity contribution in [1.29, 1.82) is 0 Å². The third-order valence-corrected chi connectivity index (χ3v) is 5.51. The number of ketones is 1. The number of benzene rings is 1. The van der Waals surface area contributed by atoms with Crippen LogP contribution in [0.2, 0.25) is 0 Å². The van der Waals surface area contributed by atoms with E-state index in [2.05, 4.69) is 38.0 Å². The first-order chi connectivity index (χ1) is 14.5. The minimum atomic E-state index is -0.387. The molecule has 0 saturated heterocycles. The molecule has 1 aliphatic rings. The van der Waals surface area contributed by atoms with Crippen LogP contribution < -0.4 is 10.3 Å². The molecule has 8 heteroatoms. The molecular weight excluding hydrogens is 448 g/mol. The lowest BCUT2D eigenvalue weighted by Crippen LogP contribution is -2.28. The fraction of sp³-hybridized carbons (Fsp3) is 0.273. The van der Waals surface area contributed by atoms with Crippen LogP contribution in [0.25, 0.3) is 0 Å². The molecule has 0 bridgehead atoms. The molecule has 3 aromatic rings. The van der Waals surface area contributed by atoms with Crippen molar-refractivity contribution in [2.45, 2.75) is 26.1 Å². The number of carbonyl (C=O) groups excluding carboxylic acids is 1. The first-order valence-electron chi connectivity index (χ1n) is 9.62. The SMILES string of the molecule is CN1CCc2ccc(C(=O)Cn3ncc(OCc4ccc(Br)cn4)cc3=O)cc2C1. The normalized spacial score (nSPS) is 13.7. The maximum absolute atomic E-state index is 12.7. The average Bonchev–Trinajstić information content (AvgIpc) is 2.74. The van der Waals surface area contributed by atoms with Crippen LogP contribution in [0.4, 0.5) is 0 Å². The van der Waals surface area contributed by atoms with Crippen LogP contribution in [0.3, 0.4) is 0 Å². The van der Waals surface area contributed by atoms with E-state index >= 15 is 0 Å². The summed E-state index contributed by atoms with van der Waals surface area (Å²) in [5.74, 6) is 0.193. The number of ether oxygens (including phenoxy) is 1. The van der Waals surface area contributed by atoms with E-state index in [-0.39, 0.29) is 24.5 Å². The average molecular weight is 469 g/mol. The van der Waals surface area contributed by atoms with Gasteiger partial charge in [0.15, 0.2) is 5.78 Å². The molecule has 4 rings (SSSR count). The molecular formula is C22H21BrN4O3. The van der Waals surface area contributed by atoms with Gasteiger partial charge < -0.3 is 9.64 Å². The molecule has 30 heavy (non-hydrogen) atoms. The highest BCUT2D eigenvalue weighted by atomic mass is 79.9. The Hall–Kier alpha value is -2.84. The lowest BCUT2D eigenvalue weighted by Gasteiger charge is -2.25. The molecule has 3 heterocycles. The van der Waals surface area contributed by atoms with Crippen molar-refractivity contribution in [2.24, 2.45) is 0 Å². The Bertz CT molecular complexity index is 1130. The topological polar surface area (TPSA) is 77.3 Å². The Morgan fingerprint density at radius 3 is 2.80 bits per heavy atom. The summed E-state index contributed by atoms with van der Waals surface area (Å²) in [7, 11) is 2.07. The van der Waals surface area contributed by atoms with Gasteiger partial charge in [-0.25, -0.2) is 4.68 Å². The first kappa shape index (κ1) is 20.4. The lowest BCUT2D eigenvalue weighted by molar-refractivity contribution is 0.0965. The zero-order chi connectivity index (χ0) is 21.1. The Morgan fingerprint density at radius 2 is 2.03 bits per heavy atom. The van der Waals surface area contributed by atoms with E-state index in [0.29, 0.717) is 11.3 Å². The second-order valence-electron chi connectivity index (χ2n) is 7.34. The van der Waals surface area contributed by atoms with Gasteiger partial charge in [-0.3, -0.25) is 14.6 Å². The summed E-state index contributed by atoms with van der Waals surface area (Å²) in [6.45, 7) is 1.96. The van der Waals surface area contributed by atoms with Gasteiger partial charge in [0, 0.05) is 35.4 Å². The molecule has 0 amide bonds. The summed E-state index contributed by atoms with van der Waals surface area (Å²) in [4.78, 5) is 31.5. The van der Waals surface area contributed by atoms with Crippen molar-refractivity contribution in [1.82, 2.24) is 19.7 Å². The molecule has 0 N–H and O–H groups in total. The minimum absolute atomic E-state index is 0.109. The second kappa shape index (κ2) is 8.89. The molecule has 0 saturated carbocycles. The van der Waals surface area contributed by atoms with E-state index in [1.165, 1.54) is 23.4 Å². The zero-order valence-electron chi connectivity index (χ0n) is 16.5. The first-order valence-corrected chi connectivity index (χ1v) is 10.4. The monoisotopic (exact) mass is 468 g/mol. The van der Waals surface area contributed by atoms with Crippen LogP contribution >= 0.6 is 15.9 Å². The molecule has 2 aromatic heterocycles. The van der Waals surface area contributed by atoms with Gasteiger partial charge in [-0.1, -0.05) is 12.1 Å². The smallest absolute Gasteiger partial charge is 0.270 e. The van der Waals surface area contributed by atoms with Gasteiger partial charge in [0.05, 0.1) is 11.9 Å². The van der Waals surface area contributed by atoms with Crippen LogP contribution in [0, 0.1) is 0 Å². The predicted molar refractivity (Wildman–Crippen MR) is 116 cm³/mol. The van der Waals surface area contributed by atoms with Gasteiger partial charge in [0.1, 0.15) is 18.9 Å². The Morgan fingerprint density at radius 1 is 1.17 bits per heavy atom. The van der Waals surface area contributed by atoms with Gasteiger partial charge >= 0.3 is 0 Å². The number of halogens is 1. The fourth-order valence-electron chi connectivity index (χ4n) is 3.36. The van der Waals surface area contributed by atoms with Gasteiger partial charge in [0.25, 0.3) is 5.56 Å². The van der Waals surface area contributed by atoms with E-state index in [4.69, 9.17) is 4.74 Å². The number of hydrogen-bond donors (Lipinski definition) is 0. The van der Waals surface area contributed by atoms with E-state index < -0.39 is 0 Å². The second-order valence-corrected chi connectivity index (χ2v) is 8.25. The summed E-state index contributed by atoms with van der Waals surface area (Å²) in [5, 5.41) is 4.09. The molecule has 0 atom stereocenters. The summed E-state index contributed by atoms with van der Waals surface area (Å²) < 4.78 is 7.62. The van der Waals surface area contributed by atoms with Crippen molar-refractivity contribution in [3.8, 4) is 5.75 Å². The van der Waals surface area contributed by atoms with Crippen LogP contribution in [-0.4, -0.2) is 39.0 Å². The van der Waals surface area contributed by atoms with Crippen LogP contribution in [-0.2, 0) is 26.1 Å². The molecule has 0 aliphatic carbocycles. The number of fused-ring (bicyclic) bond motifs is 1. The van der Waals surface area contributed by atoms with E-state index in [1.807, 2.05) is 30.3 Å². The number of likely N-dealkylation sites (N-methyl/N-ethyl adjacent to an activating group) is 1. The summed E-state index contributed by atoms with van der Waals surface area (Å²) in [5.41, 5.74) is 3.39. The number of rotatable bonds is 6. The van der Waals surface area contributed by atoms with Crippen molar-refractivity contribution < 1.29 is 9.53 Å². The van der Waals surface area contributed by atoms with Crippen molar-refractivity contribution in [2.75, 3.05) is 13.6 Å². The van der Waals surface area contributed by atoms with E-state index in [0.717, 1.165) is 34.4 Å². The van der Waals surface area contributed by atoms with Crippen molar-refractivity contribution >= 4 is 21.7 Å². The highest BCUT2D eigenvalue weighted by molar-refractivity contribution is 9.10. The largest absolute Gasteiger partial charge is 0.485 e. The summed E-state index contributed by atoms with van der Waals surface area (Å²) in [6, 6.07) is 10.8. The Balaban J connectivity index is 1.42. The Kier molecular flexibility index (Phi) is 6.06. The summed E-state index contributed by atoms with van der Waals surface area (Å²) >= 11 is 3.33. The molecule has 1 aliphatic heterocycles. The van der Waals surface area contributed by atoms with E-state index in [1.54, 1.807) is 6.20 Å². The van der Waals surface area contributed by atoms with Crippen LogP contribution in [0.5, 0.6) is 5.75 Å². The Labute approximate surface area is 182 Å². The minimum Gasteiger partial charge on any atom is -0.485 e. The summed E-state index contributed by atoms with van der Waals surface area (Å²) in [6.07, 6.45) is 4.10. The number of pyridine rings is 1. The third-order valence-electron chi connectivity index (χ3n) is 5.04. The molecule has 0 fully saturated rings. The number of carbonyl (C=O) groups is 1. The standard InChI is InChI=1S/C22H21BrN4O3/c1-26-7-6-15-2-3-16(8-17(15)12-26)21(28)13-27-22(29)9-20(11-25-27)30-14-19-5-4-18(23)10-24-19/h2-5,8-11H,6-7,12-14H2,1H3. The maximum atomic E-state index is 12.7. The van der Waals surface area contributed by atoms with Gasteiger partial charge in [-0.2, -0.15) is 5.10 Å². The lowest BCUT2D eigenvalue weighted by atomic mass is 9.96.